The normalized spacial score (nSPS) is 18.1. The summed E-state index contributed by atoms with van der Waals surface area (Å²) in [4.78, 5) is 4.21. The maximum absolute atomic E-state index is 4.21. The second-order valence-electron chi connectivity index (χ2n) is 5.35. The summed E-state index contributed by atoms with van der Waals surface area (Å²) < 4.78 is 0. The van der Waals surface area contributed by atoms with Gasteiger partial charge in [-0.3, -0.25) is 4.98 Å². The highest BCUT2D eigenvalue weighted by molar-refractivity contribution is 5.34. The molecule has 96 valence electrons. The van der Waals surface area contributed by atoms with E-state index in [1.807, 2.05) is 19.2 Å². The first-order valence-corrected chi connectivity index (χ1v) is 7.29. The first-order valence-electron chi connectivity index (χ1n) is 7.29. The van der Waals surface area contributed by atoms with Gasteiger partial charge in [-0.25, -0.2) is 0 Å². The van der Waals surface area contributed by atoms with E-state index in [-0.39, 0.29) is 0 Å². The van der Waals surface area contributed by atoms with Crippen LogP contribution in [0.25, 0.3) is 0 Å². The van der Waals surface area contributed by atoms with Crippen LogP contribution in [0.2, 0.25) is 0 Å². The highest BCUT2D eigenvalue weighted by Crippen LogP contribution is 2.21. The lowest BCUT2D eigenvalue weighted by Crippen LogP contribution is -1.96. The predicted octanol–water partition coefficient (Wildman–Crippen LogP) is 4.49. The second kappa shape index (κ2) is 7.21. The molecule has 0 saturated heterocycles. The highest BCUT2D eigenvalue weighted by atomic mass is 14.6. The molecule has 0 aromatic carbocycles. The lowest BCUT2D eigenvalue weighted by molar-refractivity contribution is 0.525. The van der Waals surface area contributed by atoms with Crippen LogP contribution in [-0.2, 0) is 0 Å². The number of pyridine rings is 1. The minimum Gasteiger partial charge on any atom is -0.262 e. The zero-order valence-electron chi connectivity index (χ0n) is 11.4. The molecule has 0 aliphatic heterocycles. The molecule has 1 saturated carbocycles. The fourth-order valence-corrected chi connectivity index (χ4v) is 2.59. The van der Waals surface area contributed by atoms with Gasteiger partial charge >= 0.3 is 0 Å². The number of rotatable bonds is 0. The summed E-state index contributed by atoms with van der Waals surface area (Å²) in [5.41, 5.74) is 2.17. The zero-order chi connectivity index (χ0) is 12.6. The lowest BCUT2D eigenvalue weighted by Gasteiger charge is -2.07. The molecule has 1 nitrogen and oxygen atoms in total. The van der Waals surface area contributed by atoms with E-state index in [2.05, 4.69) is 22.9 Å². The van der Waals surface area contributed by atoms with E-state index in [1.165, 1.54) is 51.4 Å². The van der Waals surface area contributed by atoms with E-state index in [4.69, 9.17) is 0 Å². The van der Waals surface area contributed by atoms with E-state index >= 15 is 0 Å². The Labute approximate surface area is 111 Å². The van der Waals surface area contributed by atoms with E-state index < -0.39 is 0 Å². The van der Waals surface area contributed by atoms with Crippen molar-refractivity contribution >= 4 is 0 Å². The molecule has 0 radical (unpaired) electrons. The van der Waals surface area contributed by atoms with Crippen LogP contribution in [-0.4, -0.2) is 4.98 Å². The Kier molecular flexibility index (Phi) is 5.27. The quantitative estimate of drug-likeness (QED) is 0.610. The minimum atomic E-state index is 0.608. The first kappa shape index (κ1) is 13.1. The highest BCUT2D eigenvalue weighted by Gasteiger charge is 2.07. The van der Waals surface area contributed by atoms with E-state index in [9.17, 15) is 0 Å². The molecule has 0 atom stereocenters. The molecular formula is C17H23N. The Morgan fingerprint density at radius 1 is 1.06 bits per heavy atom. The summed E-state index contributed by atoms with van der Waals surface area (Å²) in [6, 6.07) is 4.08. The summed E-state index contributed by atoms with van der Waals surface area (Å²) in [5, 5.41) is 0. The van der Waals surface area contributed by atoms with Gasteiger partial charge < -0.3 is 0 Å². The fourth-order valence-electron chi connectivity index (χ4n) is 2.59. The van der Waals surface area contributed by atoms with Gasteiger partial charge in [-0.15, -0.1) is 0 Å². The van der Waals surface area contributed by atoms with Crippen molar-refractivity contribution in [1.29, 1.82) is 0 Å². The van der Waals surface area contributed by atoms with Crippen molar-refractivity contribution < 1.29 is 0 Å². The summed E-state index contributed by atoms with van der Waals surface area (Å²) >= 11 is 0. The molecule has 0 spiro atoms. The molecule has 1 aliphatic rings. The summed E-state index contributed by atoms with van der Waals surface area (Å²) in [6.07, 6.45) is 12.8. The van der Waals surface area contributed by atoms with E-state index in [1.54, 1.807) is 0 Å². The molecule has 0 N–H and O–H groups in total. The van der Waals surface area contributed by atoms with Gasteiger partial charge in [-0.1, -0.05) is 50.4 Å². The van der Waals surface area contributed by atoms with Crippen molar-refractivity contribution in [2.24, 2.45) is 5.92 Å². The van der Waals surface area contributed by atoms with Crippen molar-refractivity contribution in [3.63, 3.8) is 0 Å². The van der Waals surface area contributed by atoms with Crippen LogP contribution in [0, 0.1) is 24.7 Å². The maximum Gasteiger partial charge on any atom is 0.0385 e. The lowest BCUT2D eigenvalue weighted by atomic mass is 9.97. The first-order chi connectivity index (χ1) is 8.84. The van der Waals surface area contributed by atoms with Crippen molar-refractivity contribution in [2.45, 2.75) is 58.3 Å². The molecule has 1 heterocycles. The van der Waals surface area contributed by atoms with Crippen molar-refractivity contribution in [3.8, 4) is 11.8 Å². The second-order valence-corrected chi connectivity index (χ2v) is 5.35. The molecule has 1 fully saturated rings. The molecule has 1 aliphatic carbocycles. The SMILES string of the molecule is Cc1cc(C#CC2CCCCCCCC2)ccn1. The fraction of sp³-hybridized carbons (Fsp3) is 0.588. The van der Waals surface area contributed by atoms with Gasteiger partial charge in [-0.05, 0) is 31.9 Å². The Morgan fingerprint density at radius 2 is 1.72 bits per heavy atom. The third-order valence-electron chi connectivity index (χ3n) is 3.67. The van der Waals surface area contributed by atoms with E-state index in [0.717, 1.165) is 11.3 Å². The monoisotopic (exact) mass is 241 g/mol. The maximum atomic E-state index is 4.21. The van der Waals surface area contributed by atoms with Crippen LogP contribution in [0.5, 0.6) is 0 Å². The molecular weight excluding hydrogens is 218 g/mol. The van der Waals surface area contributed by atoms with Crippen LogP contribution < -0.4 is 0 Å². The average Bonchev–Trinajstić information content (AvgIpc) is 2.50. The van der Waals surface area contributed by atoms with Crippen molar-refractivity contribution in [2.75, 3.05) is 0 Å². The summed E-state index contributed by atoms with van der Waals surface area (Å²) in [5.74, 6) is 7.42. The van der Waals surface area contributed by atoms with Gasteiger partial charge in [0, 0.05) is 23.4 Å². The Balaban J connectivity index is 1.98. The average molecular weight is 241 g/mol. The zero-order valence-corrected chi connectivity index (χ0v) is 11.4. The summed E-state index contributed by atoms with van der Waals surface area (Å²) in [7, 11) is 0. The van der Waals surface area contributed by atoms with Crippen LogP contribution in [0.1, 0.15) is 62.6 Å². The molecule has 1 aromatic rings. The van der Waals surface area contributed by atoms with Gasteiger partial charge in [0.1, 0.15) is 0 Å². The van der Waals surface area contributed by atoms with Crippen molar-refractivity contribution in [1.82, 2.24) is 4.98 Å². The molecule has 18 heavy (non-hydrogen) atoms. The van der Waals surface area contributed by atoms with Gasteiger partial charge in [0.15, 0.2) is 0 Å². The molecule has 0 amide bonds. The number of nitrogens with zero attached hydrogens (tertiary/aromatic N) is 1. The third kappa shape index (κ3) is 4.53. The molecule has 0 unspecified atom stereocenters. The number of aromatic nitrogens is 1. The van der Waals surface area contributed by atoms with Crippen LogP contribution >= 0.6 is 0 Å². The number of aryl methyl sites for hydroxylation is 1. The summed E-state index contributed by atoms with van der Waals surface area (Å²) in [6.45, 7) is 2.02. The van der Waals surface area contributed by atoms with E-state index in [0.29, 0.717) is 5.92 Å². The molecule has 1 heteroatoms. The third-order valence-corrected chi connectivity index (χ3v) is 3.67. The smallest absolute Gasteiger partial charge is 0.0385 e. The van der Waals surface area contributed by atoms with Crippen LogP contribution in [0.3, 0.4) is 0 Å². The van der Waals surface area contributed by atoms with Gasteiger partial charge in [0.05, 0.1) is 0 Å². The molecule has 1 aromatic heterocycles. The van der Waals surface area contributed by atoms with Crippen LogP contribution in [0.15, 0.2) is 18.3 Å². The number of hydrogen-bond donors (Lipinski definition) is 0. The topological polar surface area (TPSA) is 12.9 Å². The van der Waals surface area contributed by atoms with Crippen molar-refractivity contribution in [3.05, 3.63) is 29.6 Å². The Hall–Kier alpha value is -1.29. The molecule has 0 bridgehead atoms. The standard InChI is InChI=1S/C17H23N/c1-15-14-17(12-13-18-15)11-10-16-8-6-4-2-3-5-7-9-16/h12-14,16H,2-9H2,1H3. The van der Waals surface area contributed by atoms with Crippen LogP contribution in [0.4, 0.5) is 0 Å². The predicted molar refractivity (Wildman–Crippen MR) is 76.3 cm³/mol. The van der Waals surface area contributed by atoms with Gasteiger partial charge in [0.2, 0.25) is 0 Å². The van der Waals surface area contributed by atoms with Gasteiger partial charge in [0.25, 0.3) is 0 Å². The van der Waals surface area contributed by atoms with Gasteiger partial charge in [-0.2, -0.15) is 0 Å². The largest absolute Gasteiger partial charge is 0.262 e. The Bertz CT molecular complexity index is 415. The number of hydrogen-bond acceptors (Lipinski definition) is 1. The minimum absolute atomic E-state index is 0.608. The Morgan fingerprint density at radius 3 is 2.39 bits per heavy atom. The molecule has 2 rings (SSSR count).